The van der Waals surface area contributed by atoms with E-state index in [1.165, 1.54) is 51.4 Å². The highest BCUT2D eigenvalue weighted by molar-refractivity contribution is 7.47. The molecule has 2 atom stereocenters. The van der Waals surface area contributed by atoms with Crippen molar-refractivity contribution in [1.29, 1.82) is 0 Å². The van der Waals surface area contributed by atoms with E-state index < -0.39 is 32.5 Å². The van der Waals surface area contributed by atoms with Crippen LogP contribution in [0.15, 0.2) is 97.2 Å². The molecule has 0 amide bonds. The SMILES string of the molecule is CCC=CCC=CCC=CCC=CCC=CCC=CCCC(=O)OC(COC(=O)CCC=CCC=CCCCCCCCCCC)COP(=O)(O)OCCN. The van der Waals surface area contributed by atoms with Crippen LogP contribution in [0.4, 0.5) is 0 Å². The predicted octanol–water partition coefficient (Wildman–Crippen LogP) is 11.8. The Morgan fingerprint density at radius 2 is 1.00 bits per heavy atom. The van der Waals surface area contributed by atoms with Gasteiger partial charge in [-0.3, -0.25) is 18.6 Å². The minimum absolute atomic E-state index is 0.0303. The molecule has 0 saturated heterocycles. The van der Waals surface area contributed by atoms with Crippen LogP contribution in [0.3, 0.4) is 0 Å². The highest BCUT2D eigenvalue weighted by Gasteiger charge is 2.25. The Hall–Kier alpha value is -3.07. The van der Waals surface area contributed by atoms with Gasteiger partial charge in [0.05, 0.1) is 13.2 Å². The number of allylic oxidation sites excluding steroid dienone is 16. The Balaban J connectivity index is 4.41. The van der Waals surface area contributed by atoms with E-state index in [-0.39, 0.29) is 32.6 Å². The van der Waals surface area contributed by atoms with Crippen LogP contribution in [0.2, 0.25) is 0 Å². The van der Waals surface area contributed by atoms with Gasteiger partial charge in [0.2, 0.25) is 0 Å². The standard InChI is InChI=1S/C45H74NO8P/c1-3-5-7-9-11-13-15-17-19-20-21-22-24-26-28-30-32-34-36-38-45(48)54-43(42-53-55(49,50)52-40-39-46)41-51-44(47)37-35-33-31-29-27-25-23-18-16-14-12-10-8-6-4-2/h5,7,11,13,17,19,21-22,25-28,31-34,43H,3-4,6,8-10,12,14-16,18,20,23-24,29-30,35-42,46H2,1-2H3,(H,49,50). The molecule has 3 N–H and O–H groups in total. The second-order valence-electron chi connectivity index (χ2n) is 13.1. The molecule has 9 nitrogen and oxygen atoms in total. The maximum absolute atomic E-state index is 12.5. The summed E-state index contributed by atoms with van der Waals surface area (Å²) in [5.74, 6) is -1.02. The molecule has 0 radical (unpaired) electrons. The summed E-state index contributed by atoms with van der Waals surface area (Å²) in [5.41, 5.74) is 5.33. The maximum atomic E-state index is 12.5. The first kappa shape index (κ1) is 51.9. The van der Waals surface area contributed by atoms with E-state index in [0.29, 0.717) is 12.8 Å². The summed E-state index contributed by atoms with van der Waals surface area (Å²) >= 11 is 0. The Morgan fingerprint density at radius 1 is 0.564 bits per heavy atom. The molecule has 312 valence electrons. The van der Waals surface area contributed by atoms with Crippen LogP contribution >= 0.6 is 7.82 Å². The molecular weight excluding hydrogens is 713 g/mol. The van der Waals surface area contributed by atoms with Gasteiger partial charge in [-0.15, -0.1) is 0 Å². The number of hydrogen-bond acceptors (Lipinski definition) is 8. The Kier molecular flexibility index (Phi) is 38.3. The third-order valence-electron chi connectivity index (χ3n) is 7.98. The minimum Gasteiger partial charge on any atom is -0.462 e. The van der Waals surface area contributed by atoms with Crippen LogP contribution in [0.25, 0.3) is 0 Å². The number of ether oxygens (including phenoxy) is 2. The number of rotatable bonds is 37. The smallest absolute Gasteiger partial charge is 0.462 e. The molecule has 2 unspecified atom stereocenters. The summed E-state index contributed by atoms with van der Waals surface area (Å²) in [6.45, 7) is 3.43. The molecule has 55 heavy (non-hydrogen) atoms. The lowest BCUT2D eigenvalue weighted by atomic mass is 10.1. The fraction of sp³-hybridized carbons (Fsp3) is 0.600. The van der Waals surface area contributed by atoms with Gasteiger partial charge in [0.25, 0.3) is 0 Å². The molecule has 0 aromatic rings. The van der Waals surface area contributed by atoms with Gasteiger partial charge in [-0.1, -0.05) is 156 Å². The van der Waals surface area contributed by atoms with Gasteiger partial charge in [0, 0.05) is 19.4 Å². The number of phosphoric ester groups is 1. The van der Waals surface area contributed by atoms with Crippen molar-refractivity contribution in [2.75, 3.05) is 26.4 Å². The third kappa shape index (κ3) is 40.4. The van der Waals surface area contributed by atoms with Gasteiger partial charge < -0.3 is 20.1 Å². The number of unbranched alkanes of at least 4 members (excludes halogenated alkanes) is 8. The van der Waals surface area contributed by atoms with Gasteiger partial charge in [-0.2, -0.15) is 0 Å². The molecule has 10 heteroatoms. The van der Waals surface area contributed by atoms with Crippen molar-refractivity contribution in [2.24, 2.45) is 5.73 Å². The Morgan fingerprint density at radius 3 is 1.49 bits per heavy atom. The van der Waals surface area contributed by atoms with Crippen molar-refractivity contribution in [3.8, 4) is 0 Å². The molecule has 0 spiro atoms. The minimum atomic E-state index is -4.41. The summed E-state index contributed by atoms with van der Waals surface area (Å²) in [7, 11) is -4.41. The van der Waals surface area contributed by atoms with Crippen molar-refractivity contribution in [1.82, 2.24) is 0 Å². The van der Waals surface area contributed by atoms with Crippen molar-refractivity contribution in [3.05, 3.63) is 97.2 Å². The summed E-state index contributed by atoms with van der Waals surface area (Å²) in [5, 5.41) is 0. The fourth-order valence-electron chi connectivity index (χ4n) is 4.95. The molecule has 0 aliphatic heterocycles. The molecule has 0 aromatic carbocycles. The lowest BCUT2D eigenvalue weighted by Gasteiger charge is -2.19. The first-order valence-corrected chi connectivity index (χ1v) is 22.2. The highest BCUT2D eigenvalue weighted by Crippen LogP contribution is 2.43. The number of esters is 2. The summed E-state index contributed by atoms with van der Waals surface area (Å²) in [6.07, 6.45) is 51.8. The lowest BCUT2D eigenvalue weighted by molar-refractivity contribution is -0.161. The quantitative estimate of drug-likeness (QED) is 0.0273. The average molecular weight is 788 g/mol. The first-order valence-electron chi connectivity index (χ1n) is 20.7. The zero-order chi connectivity index (χ0) is 40.3. The molecule has 0 aliphatic carbocycles. The topological polar surface area (TPSA) is 134 Å². The van der Waals surface area contributed by atoms with Crippen LogP contribution in [0.1, 0.15) is 142 Å². The molecule has 0 bridgehead atoms. The van der Waals surface area contributed by atoms with Crippen molar-refractivity contribution < 1.29 is 37.6 Å². The van der Waals surface area contributed by atoms with Gasteiger partial charge in [-0.05, 0) is 70.6 Å². The number of nitrogens with two attached hydrogens (primary N) is 1. The zero-order valence-electron chi connectivity index (χ0n) is 34.1. The van der Waals surface area contributed by atoms with E-state index in [9.17, 15) is 19.0 Å². The van der Waals surface area contributed by atoms with Gasteiger partial charge >= 0.3 is 19.8 Å². The molecule has 0 aliphatic rings. The van der Waals surface area contributed by atoms with Gasteiger partial charge in [0.1, 0.15) is 6.61 Å². The van der Waals surface area contributed by atoms with Crippen molar-refractivity contribution >= 4 is 19.8 Å². The van der Waals surface area contributed by atoms with Crippen molar-refractivity contribution in [2.45, 2.75) is 148 Å². The second kappa shape index (κ2) is 40.6. The van der Waals surface area contributed by atoms with E-state index >= 15 is 0 Å². The molecule has 0 fully saturated rings. The fourth-order valence-corrected chi connectivity index (χ4v) is 5.71. The summed E-state index contributed by atoms with van der Waals surface area (Å²) in [6, 6.07) is 0. The Labute approximate surface area is 334 Å². The van der Waals surface area contributed by atoms with E-state index in [1.54, 1.807) is 0 Å². The normalized spacial score (nSPS) is 14.3. The van der Waals surface area contributed by atoms with Crippen LogP contribution in [-0.2, 0) is 32.7 Å². The van der Waals surface area contributed by atoms with E-state index in [4.69, 9.17) is 24.3 Å². The summed E-state index contributed by atoms with van der Waals surface area (Å²) in [4.78, 5) is 34.7. The van der Waals surface area contributed by atoms with Gasteiger partial charge in [0.15, 0.2) is 6.10 Å². The zero-order valence-corrected chi connectivity index (χ0v) is 35.0. The van der Waals surface area contributed by atoms with Crippen LogP contribution < -0.4 is 5.73 Å². The summed E-state index contributed by atoms with van der Waals surface area (Å²) < 4.78 is 32.6. The Bertz CT molecular complexity index is 1220. The van der Waals surface area contributed by atoms with E-state index in [1.807, 2.05) is 24.3 Å². The number of carbonyl (C=O) groups excluding carboxylic acids is 2. The number of carbonyl (C=O) groups is 2. The van der Waals surface area contributed by atoms with E-state index in [0.717, 1.165) is 51.4 Å². The maximum Gasteiger partial charge on any atom is 0.472 e. The number of hydrogen-bond donors (Lipinski definition) is 2. The lowest BCUT2D eigenvalue weighted by Crippen LogP contribution is -2.29. The van der Waals surface area contributed by atoms with E-state index in [2.05, 4.69) is 86.8 Å². The largest absolute Gasteiger partial charge is 0.472 e. The second-order valence-corrected chi connectivity index (χ2v) is 14.6. The highest BCUT2D eigenvalue weighted by atomic mass is 31.2. The van der Waals surface area contributed by atoms with Gasteiger partial charge in [-0.25, -0.2) is 4.57 Å². The first-order chi connectivity index (χ1) is 26.8. The predicted molar refractivity (Wildman–Crippen MR) is 228 cm³/mol. The molecular formula is C45H74NO8P. The molecule has 0 saturated carbocycles. The van der Waals surface area contributed by atoms with Crippen molar-refractivity contribution in [3.63, 3.8) is 0 Å². The van der Waals surface area contributed by atoms with Crippen LogP contribution in [0.5, 0.6) is 0 Å². The van der Waals surface area contributed by atoms with Crippen LogP contribution in [-0.4, -0.2) is 49.3 Å². The van der Waals surface area contributed by atoms with Crippen LogP contribution in [0, 0.1) is 0 Å². The molecule has 0 aromatic heterocycles. The third-order valence-corrected chi connectivity index (χ3v) is 8.97. The molecule has 0 heterocycles. The monoisotopic (exact) mass is 788 g/mol. The number of phosphoric acid groups is 1. The molecule has 0 rings (SSSR count). The average Bonchev–Trinajstić information content (AvgIpc) is 3.17.